The molecule has 0 aliphatic heterocycles. The van der Waals surface area contributed by atoms with Gasteiger partial charge in [-0.1, -0.05) is 17.7 Å². The molecule has 2 bridgehead atoms. The molecular formula is C17H26N2. The van der Waals surface area contributed by atoms with Gasteiger partial charge in [-0.15, -0.1) is 0 Å². The topological polar surface area (TPSA) is 29.3 Å². The zero-order chi connectivity index (χ0) is 13.5. The summed E-state index contributed by atoms with van der Waals surface area (Å²) < 4.78 is 0. The summed E-state index contributed by atoms with van der Waals surface area (Å²) in [4.78, 5) is 2.59. The second kappa shape index (κ2) is 4.82. The van der Waals surface area contributed by atoms with Crippen LogP contribution in [0.2, 0.25) is 0 Å². The van der Waals surface area contributed by atoms with Crippen LogP contribution in [0.4, 0.5) is 5.69 Å². The lowest BCUT2D eigenvalue weighted by Crippen LogP contribution is -2.57. The molecule has 0 saturated heterocycles. The molecule has 0 spiro atoms. The van der Waals surface area contributed by atoms with Crippen LogP contribution in [0.3, 0.4) is 0 Å². The maximum atomic E-state index is 6.26. The average Bonchev–Trinajstić information content (AvgIpc) is 3.03. The van der Waals surface area contributed by atoms with Gasteiger partial charge in [0.15, 0.2) is 0 Å². The van der Waals surface area contributed by atoms with Crippen LogP contribution in [-0.4, -0.2) is 18.6 Å². The van der Waals surface area contributed by atoms with Crippen molar-refractivity contribution in [2.24, 2.45) is 17.6 Å². The molecule has 1 aromatic rings. The first-order valence-corrected chi connectivity index (χ1v) is 7.74. The predicted octanol–water partition coefficient (Wildman–Crippen LogP) is 3.34. The highest BCUT2D eigenvalue weighted by molar-refractivity contribution is 5.51. The minimum Gasteiger partial charge on any atom is -0.365 e. The van der Waals surface area contributed by atoms with Crippen molar-refractivity contribution < 1.29 is 0 Å². The van der Waals surface area contributed by atoms with Crippen LogP contribution in [0, 0.1) is 18.8 Å². The predicted molar refractivity (Wildman–Crippen MR) is 81.4 cm³/mol. The Labute approximate surface area is 117 Å². The lowest BCUT2D eigenvalue weighted by atomic mass is 9.79. The van der Waals surface area contributed by atoms with E-state index >= 15 is 0 Å². The van der Waals surface area contributed by atoms with Crippen LogP contribution >= 0.6 is 0 Å². The molecular weight excluding hydrogens is 232 g/mol. The Balaban J connectivity index is 1.94. The molecule has 3 rings (SSSR count). The van der Waals surface area contributed by atoms with E-state index in [1.807, 2.05) is 0 Å². The standard InChI is InChI=1S/C17H26N2/c1-3-19(16-8-4-13(2)5-9-16)17(12-18)11-14-6-7-15(17)10-14/h4-5,8-9,14-15H,3,6-7,10-12,18H2,1-2H3. The molecule has 2 aliphatic carbocycles. The summed E-state index contributed by atoms with van der Waals surface area (Å²) in [5.41, 5.74) is 9.17. The minimum atomic E-state index is 0.229. The van der Waals surface area contributed by atoms with Gasteiger partial charge in [0.05, 0.1) is 5.54 Å². The molecule has 1 aromatic carbocycles. The molecule has 2 heteroatoms. The van der Waals surface area contributed by atoms with Gasteiger partial charge >= 0.3 is 0 Å². The third-order valence-corrected chi connectivity index (χ3v) is 5.50. The molecule has 0 aromatic heterocycles. The lowest BCUT2D eigenvalue weighted by molar-refractivity contribution is 0.260. The SMILES string of the molecule is CCN(c1ccc(C)cc1)C1(CN)CC2CCC1C2. The number of nitrogens with two attached hydrogens (primary N) is 1. The van der Waals surface area contributed by atoms with Crippen molar-refractivity contribution in [3.63, 3.8) is 0 Å². The van der Waals surface area contributed by atoms with E-state index in [0.29, 0.717) is 0 Å². The van der Waals surface area contributed by atoms with Crippen molar-refractivity contribution in [2.45, 2.75) is 45.1 Å². The molecule has 3 atom stereocenters. The fraction of sp³-hybridized carbons (Fsp3) is 0.647. The first kappa shape index (κ1) is 13.0. The van der Waals surface area contributed by atoms with Gasteiger partial charge in [-0.25, -0.2) is 0 Å². The van der Waals surface area contributed by atoms with E-state index in [-0.39, 0.29) is 5.54 Å². The van der Waals surface area contributed by atoms with Gasteiger partial charge in [-0.05, 0) is 63.5 Å². The number of aryl methyl sites for hydroxylation is 1. The quantitative estimate of drug-likeness (QED) is 0.897. The molecule has 104 valence electrons. The van der Waals surface area contributed by atoms with E-state index in [9.17, 15) is 0 Å². The number of nitrogens with zero attached hydrogens (tertiary/aromatic N) is 1. The number of hydrogen-bond acceptors (Lipinski definition) is 2. The van der Waals surface area contributed by atoms with Gasteiger partial charge in [0, 0.05) is 18.8 Å². The van der Waals surface area contributed by atoms with Crippen molar-refractivity contribution in [2.75, 3.05) is 18.0 Å². The number of fused-ring (bicyclic) bond motifs is 2. The Hall–Kier alpha value is -1.02. The normalized spacial score (nSPS) is 32.8. The van der Waals surface area contributed by atoms with Gasteiger partial charge in [0.1, 0.15) is 0 Å². The maximum Gasteiger partial charge on any atom is 0.0554 e. The van der Waals surface area contributed by atoms with E-state index in [1.54, 1.807) is 0 Å². The summed E-state index contributed by atoms with van der Waals surface area (Å²) in [6.07, 6.45) is 5.51. The Morgan fingerprint density at radius 2 is 2.00 bits per heavy atom. The third kappa shape index (κ3) is 1.97. The van der Waals surface area contributed by atoms with Crippen LogP contribution in [0.5, 0.6) is 0 Å². The monoisotopic (exact) mass is 258 g/mol. The van der Waals surface area contributed by atoms with Gasteiger partial charge in [0.25, 0.3) is 0 Å². The van der Waals surface area contributed by atoms with Gasteiger partial charge in [0.2, 0.25) is 0 Å². The zero-order valence-electron chi connectivity index (χ0n) is 12.2. The summed E-state index contributed by atoms with van der Waals surface area (Å²) in [5.74, 6) is 1.73. The van der Waals surface area contributed by atoms with Crippen molar-refractivity contribution in [3.8, 4) is 0 Å². The molecule has 2 N–H and O–H groups in total. The molecule has 2 aliphatic rings. The van der Waals surface area contributed by atoms with Crippen molar-refractivity contribution in [1.82, 2.24) is 0 Å². The van der Waals surface area contributed by atoms with E-state index in [1.165, 1.54) is 36.9 Å². The van der Waals surface area contributed by atoms with E-state index < -0.39 is 0 Å². The Morgan fingerprint density at radius 3 is 2.47 bits per heavy atom. The first-order chi connectivity index (χ1) is 9.19. The molecule has 0 radical (unpaired) electrons. The van der Waals surface area contributed by atoms with Crippen LogP contribution in [0.15, 0.2) is 24.3 Å². The minimum absolute atomic E-state index is 0.229. The number of anilines is 1. The molecule has 2 saturated carbocycles. The number of benzene rings is 1. The molecule has 0 amide bonds. The van der Waals surface area contributed by atoms with E-state index in [0.717, 1.165) is 24.9 Å². The highest BCUT2D eigenvalue weighted by Gasteiger charge is 2.53. The molecule has 3 unspecified atom stereocenters. The maximum absolute atomic E-state index is 6.26. The second-order valence-corrected chi connectivity index (χ2v) is 6.47. The molecule has 0 heterocycles. The fourth-order valence-corrected chi connectivity index (χ4v) is 4.59. The average molecular weight is 258 g/mol. The summed E-state index contributed by atoms with van der Waals surface area (Å²) in [6.45, 7) is 6.28. The Bertz CT molecular complexity index is 439. The summed E-state index contributed by atoms with van der Waals surface area (Å²) in [5, 5.41) is 0. The second-order valence-electron chi connectivity index (χ2n) is 6.47. The molecule has 2 fully saturated rings. The summed E-state index contributed by atoms with van der Waals surface area (Å²) in [7, 11) is 0. The number of rotatable bonds is 4. The van der Waals surface area contributed by atoms with Crippen LogP contribution in [0.1, 0.15) is 38.2 Å². The van der Waals surface area contributed by atoms with Crippen molar-refractivity contribution in [1.29, 1.82) is 0 Å². The highest BCUT2D eigenvalue weighted by Crippen LogP contribution is 2.53. The zero-order valence-corrected chi connectivity index (χ0v) is 12.2. The van der Waals surface area contributed by atoms with Crippen LogP contribution in [-0.2, 0) is 0 Å². The largest absolute Gasteiger partial charge is 0.365 e. The van der Waals surface area contributed by atoms with E-state index in [2.05, 4.69) is 43.0 Å². The lowest BCUT2D eigenvalue weighted by Gasteiger charge is -2.47. The highest BCUT2D eigenvalue weighted by atomic mass is 15.2. The number of likely N-dealkylation sites (N-methyl/N-ethyl adjacent to an activating group) is 1. The Kier molecular flexibility index (Phi) is 3.30. The number of hydrogen-bond donors (Lipinski definition) is 1. The Morgan fingerprint density at radius 1 is 1.26 bits per heavy atom. The first-order valence-electron chi connectivity index (χ1n) is 7.74. The summed E-state index contributed by atoms with van der Waals surface area (Å²) in [6, 6.07) is 8.97. The fourth-order valence-electron chi connectivity index (χ4n) is 4.59. The van der Waals surface area contributed by atoms with E-state index in [4.69, 9.17) is 5.73 Å². The summed E-state index contributed by atoms with van der Waals surface area (Å²) >= 11 is 0. The molecule has 19 heavy (non-hydrogen) atoms. The van der Waals surface area contributed by atoms with Gasteiger partial charge in [-0.3, -0.25) is 0 Å². The van der Waals surface area contributed by atoms with Crippen LogP contribution in [0.25, 0.3) is 0 Å². The third-order valence-electron chi connectivity index (χ3n) is 5.50. The van der Waals surface area contributed by atoms with Gasteiger partial charge < -0.3 is 10.6 Å². The van der Waals surface area contributed by atoms with Crippen LogP contribution < -0.4 is 10.6 Å². The smallest absolute Gasteiger partial charge is 0.0554 e. The van der Waals surface area contributed by atoms with Crippen molar-refractivity contribution >= 4 is 5.69 Å². The van der Waals surface area contributed by atoms with Gasteiger partial charge in [-0.2, -0.15) is 0 Å². The van der Waals surface area contributed by atoms with Crippen molar-refractivity contribution in [3.05, 3.63) is 29.8 Å². The molecule has 2 nitrogen and oxygen atoms in total.